The van der Waals surface area contributed by atoms with Crippen LogP contribution in [0, 0.1) is 11.3 Å². The monoisotopic (exact) mass is 236 g/mol. The summed E-state index contributed by atoms with van der Waals surface area (Å²) in [4.78, 5) is 15.6. The van der Waals surface area contributed by atoms with E-state index in [1.54, 1.807) is 24.8 Å². The molecule has 92 valence electrons. The molecule has 1 rings (SSSR count). The maximum atomic E-state index is 11.8. The van der Waals surface area contributed by atoms with E-state index < -0.39 is 6.04 Å². The molecule has 0 bridgehead atoms. The third-order valence-electron chi connectivity index (χ3n) is 2.39. The highest BCUT2D eigenvalue weighted by Gasteiger charge is 2.16. The topological polar surface area (TPSA) is 79.9 Å². The molecule has 0 aromatic carbocycles. The Kier molecular flexibility index (Phi) is 5.17. The Morgan fingerprint density at radius 3 is 3.18 bits per heavy atom. The van der Waals surface area contributed by atoms with Gasteiger partial charge in [0.1, 0.15) is 12.1 Å². The molecule has 0 fully saturated rings. The summed E-state index contributed by atoms with van der Waals surface area (Å²) < 4.78 is 6.43. The van der Waals surface area contributed by atoms with Crippen molar-refractivity contribution in [1.82, 2.24) is 14.9 Å². The van der Waals surface area contributed by atoms with Crippen LogP contribution in [-0.2, 0) is 9.53 Å². The molecule has 0 saturated carbocycles. The molecule has 0 saturated heterocycles. The number of carbonyl (C=O) groups excluding carboxylic acids is 1. The average Bonchev–Trinajstić information content (AvgIpc) is 2.81. The molecule has 1 atom stereocenters. The van der Waals surface area contributed by atoms with Crippen LogP contribution >= 0.6 is 0 Å². The Bertz CT molecular complexity index is 408. The van der Waals surface area contributed by atoms with Crippen LogP contribution in [0.15, 0.2) is 12.4 Å². The first-order valence-electron chi connectivity index (χ1n) is 5.40. The number of aromatic nitrogens is 2. The van der Waals surface area contributed by atoms with Crippen molar-refractivity contribution in [2.45, 2.75) is 19.4 Å². The summed E-state index contributed by atoms with van der Waals surface area (Å²) in [5.41, 5.74) is 0. The van der Waals surface area contributed by atoms with Gasteiger partial charge in [-0.25, -0.2) is 4.98 Å². The number of carbonyl (C=O) groups is 1. The van der Waals surface area contributed by atoms with Crippen molar-refractivity contribution >= 4 is 5.91 Å². The lowest BCUT2D eigenvalue weighted by Crippen LogP contribution is -2.32. The van der Waals surface area contributed by atoms with Gasteiger partial charge >= 0.3 is 0 Å². The largest absolute Gasteiger partial charge is 0.385 e. The van der Waals surface area contributed by atoms with Crippen molar-refractivity contribution < 1.29 is 9.53 Å². The second kappa shape index (κ2) is 6.66. The highest BCUT2D eigenvalue weighted by molar-refractivity contribution is 5.80. The van der Waals surface area contributed by atoms with Crippen LogP contribution in [0.3, 0.4) is 0 Å². The van der Waals surface area contributed by atoms with E-state index in [1.807, 2.05) is 6.07 Å². The Labute approximate surface area is 100 Å². The highest BCUT2D eigenvalue weighted by atomic mass is 16.5. The molecule has 6 nitrogen and oxygen atoms in total. The number of nitrogens with one attached hydrogen (secondary N) is 1. The molecule has 0 spiro atoms. The molecule has 1 amide bonds. The molecular formula is C11H16N4O2. The highest BCUT2D eigenvalue weighted by Crippen LogP contribution is 2.08. The lowest BCUT2D eigenvalue weighted by atomic mass is 10.3. The van der Waals surface area contributed by atoms with Gasteiger partial charge < -0.3 is 14.6 Å². The quantitative estimate of drug-likeness (QED) is 0.728. The van der Waals surface area contributed by atoms with Gasteiger partial charge in [-0.05, 0) is 13.3 Å². The van der Waals surface area contributed by atoms with Crippen LogP contribution in [0.1, 0.15) is 25.2 Å². The van der Waals surface area contributed by atoms with Gasteiger partial charge in [-0.1, -0.05) is 0 Å². The summed E-state index contributed by atoms with van der Waals surface area (Å²) in [6.45, 7) is 2.91. The van der Waals surface area contributed by atoms with Gasteiger partial charge in [-0.15, -0.1) is 0 Å². The number of hydrogen-bond donors (Lipinski definition) is 1. The van der Waals surface area contributed by atoms with E-state index in [2.05, 4.69) is 10.3 Å². The van der Waals surface area contributed by atoms with Gasteiger partial charge in [0.05, 0.1) is 0 Å². The molecule has 1 N–H and O–H groups in total. The second-order valence-corrected chi connectivity index (χ2v) is 3.58. The van der Waals surface area contributed by atoms with Gasteiger partial charge in [-0.2, -0.15) is 5.26 Å². The van der Waals surface area contributed by atoms with Crippen molar-refractivity contribution in [3.05, 3.63) is 18.2 Å². The molecule has 0 aliphatic heterocycles. The summed E-state index contributed by atoms with van der Waals surface area (Å²) in [7, 11) is 1.62. The van der Waals surface area contributed by atoms with Gasteiger partial charge in [0.15, 0.2) is 0 Å². The molecule has 0 radical (unpaired) electrons. The number of hydrogen-bond acceptors (Lipinski definition) is 4. The van der Waals surface area contributed by atoms with Crippen LogP contribution in [0.5, 0.6) is 0 Å². The fourth-order valence-corrected chi connectivity index (χ4v) is 1.41. The Morgan fingerprint density at radius 1 is 1.76 bits per heavy atom. The Balaban J connectivity index is 2.50. The van der Waals surface area contributed by atoms with Crippen molar-refractivity contribution in [2.75, 3.05) is 20.3 Å². The van der Waals surface area contributed by atoms with Gasteiger partial charge in [-0.3, -0.25) is 4.79 Å². The number of ether oxygens (including phenoxy) is 1. The maximum Gasteiger partial charge on any atom is 0.242 e. The average molecular weight is 236 g/mol. The molecule has 1 aromatic heterocycles. The predicted octanol–water partition coefficient (Wildman–Crippen LogP) is 0.468. The predicted molar refractivity (Wildman–Crippen MR) is 61.2 cm³/mol. The maximum absolute atomic E-state index is 11.8. The molecule has 0 aliphatic rings. The third-order valence-corrected chi connectivity index (χ3v) is 2.39. The standard InChI is InChI=1S/C11H16N4O2/c1-9(11(16)14-4-3-7-17-2)15-6-5-13-10(15)8-12/h5-6,9H,3-4,7H2,1-2H3,(H,14,16). The lowest BCUT2D eigenvalue weighted by Gasteiger charge is -2.14. The Hall–Kier alpha value is -1.87. The summed E-state index contributed by atoms with van der Waals surface area (Å²) in [6.07, 6.45) is 3.90. The fraction of sp³-hybridized carbons (Fsp3) is 0.545. The molecule has 0 aliphatic carbocycles. The van der Waals surface area contributed by atoms with E-state index in [-0.39, 0.29) is 11.7 Å². The van der Waals surface area contributed by atoms with Gasteiger partial charge in [0, 0.05) is 32.7 Å². The number of amides is 1. The molecule has 1 aromatic rings. The first-order chi connectivity index (χ1) is 8.20. The minimum Gasteiger partial charge on any atom is -0.385 e. The lowest BCUT2D eigenvalue weighted by molar-refractivity contribution is -0.123. The van der Waals surface area contributed by atoms with Gasteiger partial charge in [0.2, 0.25) is 11.7 Å². The van der Waals surface area contributed by atoms with Crippen molar-refractivity contribution in [3.63, 3.8) is 0 Å². The van der Waals surface area contributed by atoms with E-state index in [9.17, 15) is 4.79 Å². The van der Waals surface area contributed by atoms with E-state index >= 15 is 0 Å². The summed E-state index contributed by atoms with van der Waals surface area (Å²) >= 11 is 0. The van der Waals surface area contributed by atoms with E-state index in [4.69, 9.17) is 10.00 Å². The minimum absolute atomic E-state index is 0.129. The second-order valence-electron chi connectivity index (χ2n) is 3.58. The molecule has 6 heteroatoms. The zero-order valence-electron chi connectivity index (χ0n) is 10.0. The van der Waals surface area contributed by atoms with Crippen LogP contribution in [0.4, 0.5) is 0 Å². The fourth-order valence-electron chi connectivity index (χ4n) is 1.41. The van der Waals surface area contributed by atoms with Gasteiger partial charge in [0.25, 0.3) is 0 Å². The number of rotatable bonds is 6. The summed E-state index contributed by atoms with van der Waals surface area (Å²) in [5.74, 6) is 0.111. The molecule has 1 heterocycles. The van der Waals surface area contributed by atoms with Crippen molar-refractivity contribution in [1.29, 1.82) is 5.26 Å². The minimum atomic E-state index is -0.435. The molecule has 1 unspecified atom stereocenters. The number of imidazole rings is 1. The van der Waals surface area contributed by atoms with Crippen molar-refractivity contribution in [3.8, 4) is 6.07 Å². The van der Waals surface area contributed by atoms with Crippen molar-refractivity contribution in [2.24, 2.45) is 0 Å². The SMILES string of the molecule is COCCCNC(=O)C(C)n1ccnc1C#N. The first kappa shape index (κ1) is 13.2. The number of nitrogens with zero attached hydrogens (tertiary/aromatic N) is 3. The zero-order chi connectivity index (χ0) is 12.7. The normalized spacial score (nSPS) is 11.8. The smallest absolute Gasteiger partial charge is 0.242 e. The zero-order valence-corrected chi connectivity index (χ0v) is 10.0. The number of methoxy groups -OCH3 is 1. The molecular weight excluding hydrogens is 220 g/mol. The molecule has 17 heavy (non-hydrogen) atoms. The summed E-state index contributed by atoms with van der Waals surface area (Å²) in [6, 6.07) is 1.50. The van der Waals surface area contributed by atoms with Crippen LogP contribution in [0.25, 0.3) is 0 Å². The van der Waals surface area contributed by atoms with E-state index in [0.29, 0.717) is 13.2 Å². The van der Waals surface area contributed by atoms with E-state index in [0.717, 1.165) is 6.42 Å². The van der Waals surface area contributed by atoms with E-state index in [1.165, 1.54) is 6.20 Å². The first-order valence-corrected chi connectivity index (χ1v) is 5.40. The van der Waals surface area contributed by atoms with Crippen LogP contribution in [0.2, 0.25) is 0 Å². The summed E-state index contributed by atoms with van der Waals surface area (Å²) in [5, 5.41) is 11.6. The van der Waals surface area contributed by atoms with Crippen LogP contribution < -0.4 is 5.32 Å². The Morgan fingerprint density at radius 2 is 2.53 bits per heavy atom. The number of nitriles is 1. The third kappa shape index (κ3) is 3.57. The van der Waals surface area contributed by atoms with Crippen LogP contribution in [-0.4, -0.2) is 35.7 Å².